The first kappa shape index (κ1) is 61.9. The number of allylic oxidation sites excluding steroid dienone is 12. The lowest BCUT2D eigenvalue weighted by Crippen LogP contribution is -2.29. The van der Waals surface area contributed by atoms with Crippen LogP contribution in [0.3, 0.4) is 0 Å². The fraction of sp³-hybridized carbons (Fsp3) is 0.759. The summed E-state index contributed by atoms with van der Waals surface area (Å²) < 4.78 is 33.5. The summed E-state index contributed by atoms with van der Waals surface area (Å²) in [5.74, 6) is -0.390. The zero-order valence-electron chi connectivity index (χ0n) is 41.0. The normalized spacial score (nSPS) is 14.4. The SMILES string of the molecule is CC/C=C\C/C=C\C/C=C\C/C=C\CCCCCCCCCCCOCC(COP(=O)(O)OCC(O)CO)OC(=O)CCCCCCCCCCC/C=C\C/C=C\CCCCCCC. The molecule has 0 heterocycles. The molecule has 0 fully saturated rings. The van der Waals surface area contributed by atoms with E-state index in [0.717, 1.165) is 89.9 Å². The van der Waals surface area contributed by atoms with Crippen LogP contribution in [0, 0.1) is 0 Å². The number of rotatable bonds is 49. The average molecular weight is 921 g/mol. The number of ether oxygens (including phenoxy) is 2. The Morgan fingerprint density at radius 3 is 1.34 bits per heavy atom. The first-order chi connectivity index (χ1) is 31.3. The third-order valence-corrected chi connectivity index (χ3v) is 11.8. The summed E-state index contributed by atoms with van der Waals surface area (Å²) in [6.07, 6.45) is 61.5. The van der Waals surface area contributed by atoms with Crippen LogP contribution in [0.4, 0.5) is 0 Å². The molecule has 0 aromatic rings. The van der Waals surface area contributed by atoms with E-state index in [9.17, 15) is 19.4 Å². The van der Waals surface area contributed by atoms with E-state index in [1.54, 1.807) is 0 Å². The number of unbranched alkanes of at least 4 members (excludes halogenated alkanes) is 23. The Balaban J connectivity index is 4.10. The van der Waals surface area contributed by atoms with Crippen molar-refractivity contribution in [3.8, 4) is 0 Å². The molecule has 0 saturated heterocycles. The minimum Gasteiger partial charge on any atom is -0.457 e. The summed E-state index contributed by atoms with van der Waals surface area (Å²) in [7, 11) is -4.53. The van der Waals surface area contributed by atoms with Gasteiger partial charge in [-0.2, -0.15) is 0 Å². The summed E-state index contributed by atoms with van der Waals surface area (Å²) in [6.45, 7) is 3.39. The van der Waals surface area contributed by atoms with Gasteiger partial charge in [-0.3, -0.25) is 13.8 Å². The number of aliphatic hydroxyl groups excluding tert-OH is 2. The zero-order chi connectivity index (χ0) is 46.7. The third kappa shape index (κ3) is 49.3. The Labute approximate surface area is 392 Å². The van der Waals surface area contributed by atoms with E-state index >= 15 is 0 Å². The van der Waals surface area contributed by atoms with Crippen LogP contribution >= 0.6 is 7.82 Å². The Kier molecular flexibility index (Phi) is 48.7. The van der Waals surface area contributed by atoms with E-state index in [1.807, 2.05) is 0 Å². The summed E-state index contributed by atoms with van der Waals surface area (Å²) >= 11 is 0. The molecular weight excluding hydrogens is 824 g/mol. The maximum Gasteiger partial charge on any atom is 0.472 e. The topological polar surface area (TPSA) is 132 Å². The molecule has 0 aromatic carbocycles. The molecule has 0 saturated carbocycles. The average Bonchev–Trinajstić information content (AvgIpc) is 3.29. The van der Waals surface area contributed by atoms with Crippen LogP contribution in [0.2, 0.25) is 0 Å². The molecule has 0 aliphatic heterocycles. The first-order valence-corrected chi connectivity index (χ1v) is 27.4. The van der Waals surface area contributed by atoms with Crippen LogP contribution in [0.1, 0.15) is 219 Å². The number of hydrogen-bond donors (Lipinski definition) is 3. The summed E-state index contributed by atoms with van der Waals surface area (Å²) in [5, 5.41) is 18.4. The second-order valence-corrected chi connectivity index (χ2v) is 18.6. The maximum atomic E-state index is 12.7. The molecule has 10 heteroatoms. The smallest absolute Gasteiger partial charge is 0.457 e. The highest BCUT2D eigenvalue weighted by molar-refractivity contribution is 7.47. The van der Waals surface area contributed by atoms with Gasteiger partial charge >= 0.3 is 13.8 Å². The highest BCUT2D eigenvalue weighted by Gasteiger charge is 2.26. The molecule has 0 bridgehead atoms. The molecular formula is C54H97O9P. The van der Waals surface area contributed by atoms with Crippen molar-refractivity contribution in [3.63, 3.8) is 0 Å². The molecule has 372 valence electrons. The number of hydrogen-bond acceptors (Lipinski definition) is 8. The molecule has 0 radical (unpaired) electrons. The molecule has 0 aromatic heterocycles. The van der Waals surface area contributed by atoms with Gasteiger partial charge in [-0.1, -0.05) is 202 Å². The number of phosphoric acid groups is 1. The van der Waals surface area contributed by atoms with E-state index in [0.29, 0.717) is 6.61 Å². The Morgan fingerprint density at radius 2 is 0.891 bits per heavy atom. The predicted molar refractivity (Wildman–Crippen MR) is 269 cm³/mol. The van der Waals surface area contributed by atoms with Gasteiger partial charge in [0.1, 0.15) is 12.2 Å². The van der Waals surface area contributed by atoms with E-state index in [-0.39, 0.29) is 25.6 Å². The third-order valence-electron chi connectivity index (χ3n) is 10.9. The number of carbonyl (C=O) groups excluding carboxylic acids is 1. The lowest BCUT2D eigenvalue weighted by atomic mass is 10.1. The van der Waals surface area contributed by atoms with Gasteiger partial charge in [0.15, 0.2) is 0 Å². The van der Waals surface area contributed by atoms with Crippen molar-refractivity contribution in [2.75, 3.05) is 33.0 Å². The van der Waals surface area contributed by atoms with E-state index < -0.39 is 33.2 Å². The minimum absolute atomic E-state index is 0.0405. The second-order valence-electron chi connectivity index (χ2n) is 17.2. The predicted octanol–water partition coefficient (Wildman–Crippen LogP) is 15.3. The summed E-state index contributed by atoms with van der Waals surface area (Å²) in [4.78, 5) is 22.7. The summed E-state index contributed by atoms with van der Waals surface area (Å²) in [5.41, 5.74) is 0. The van der Waals surface area contributed by atoms with Gasteiger partial charge in [0.05, 0.1) is 26.4 Å². The molecule has 3 atom stereocenters. The second kappa shape index (κ2) is 50.3. The lowest BCUT2D eigenvalue weighted by Gasteiger charge is -2.20. The first-order valence-electron chi connectivity index (χ1n) is 25.9. The van der Waals surface area contributed by atoms with Crippen molar-refractivity contribution in [2.24, 2.45) is 0 Å². The van der Waals surface area contributed by atoms with E-state index in [1.165, 1.54) is 109 Å². The molecule has 0 amide bonds. The molecule has 64 heavy (non-hydrogen) atoms. The number of aliphatic hydroxyl groups is 2. The fourth-order valence-corrected chi connectivity index (χ4v) is 7.76. The van der Waals surface area contributed by atoms with Crippen molar-refractivity contribution in [1.82, 2.24) is 0 Å². The Hall–Kier alpha value is -2.10. The molecule has 9 nitrogen and oxygen atoms in total. The van der Waals surface area contributed by atoms with Gasteiger partial charge in [-0.15, -0.1) is 0 Å². The fourth-order valence-electron chi connectivity index (χ4n) is 6.97. The Bertz CT molecular complexity index is 1230. The highest BCUT2D eigenvalue weighted by Crippen LogP contribution is 2.43. The van der Waals surface area contributed by atoms with Crippen LogP contribution < -0.4 is 0 Å². The van der Waals surface area contributed by atoms with Crippen LogP contribution in [-0.2, 0) is 27.9 Å². The molecule has 3 N–H and O–H groups in total. The van der Waals surface area contributed by atoms with Crippen LogP contribution in [0.25, 0.3) is 0 Å². The van der Waals surface area contributed by atoms with Crippen LogP contribution in [0.15, 0.2) is 72.9 Å². The van der Waals surface area contributed by atoms with Crippen molar-refractivity contribution in [1.29, 1.82) is 0 Å². The van der Waals surface area contributed by atoms with E-state index in [4.69, 9.17) is 23.6 Å². The molecule has 0 spiro atoms. The monoisotopic (exact) mass is 921 g/mol. The van der Waals surface area contributed by atoms with Crippen molar-refractivity contribution >= 4 is 13.8 Å². The standard InChI is InChI=1S/C54H97O9P/c1-3-5-7-9-11-13-15-17-19-21-23-25-27-29-31-33-35-37-39-41-43-45-47-60-50-53(51-62-64(58,59)61-49-52(56)48-55)63-54(57)46-44-42-40-38-36-34-32-30-28-26-24-22-20-18-16-14-12-10-8-6-4-2/h5,7,11,13,16-19,22-25,52-53,55-56H,3-4,6,8-10,12,14-15,20-21,26-51H2,1-2H3,(H,58,59)/b7-5-,13-11-,18-16-,19-17-,24-22-,25-23-. The van der Waals surface area contributed by atoms with E-state index in [2.05, 4.69) is 86.8 Å². The zero-order valence-corrected chi connectivity index (χ0v) is 41.9. The van der Waals surface area contributed by atoms with Gasteiger partial charge < -0.3 is 24.6 Å². The van der Waals surface area contributed by atoms with Gasteiger partial charge in [-0.25, -0.2) is 4.57 Å². The Morgan fingerprint density at radius 1 is 0.500 bits per heavy atom. The lowest BCUT2D eigenvalue weighted by molar-refractivity contribution is -0.154. The van der Waals surface area contributed by atoms with Crippen molar-refractivity contribution < 1.29 is 43.0 Å². The quantitative estimate of drug-likeness (QED) is 0.0236. The highest BCUT2D eigenvalue weighted by atomic mass is 31.2. The molecule has 0 aliphatic rings. The minimum atomic E-state index is -4.53. The van der Waals surface area contributed by atoms with Crippen LogP contribution in [-0.4, -0.2) is 66.3 Å². The molecule has 0 aliphatic carbocycles. The largest absolute Gasteiger partial charge is 0.472 e. The van der Waals surface area contributed by atoms with Gasteiger partial charge in [-0.05, 0) is 83.5 Å². The number of esters is 1. The van der Waals surface area contributed by atoms with Crippen molar-refractivity contribution in [2.45, 2.75) is 232 Å². The molecule has 0 rings (SSSR count). The van der Waals surface area contributed by atoms with Crippen LogP contribution in [0.5, 0.6) is 0 Å². The van der Waals surface area contributed by atoms with Gasteiger partial charge in [0.2, 0.25) is 0 Å². The number of phosphoric ester groups is 1. The summed E-state index contributed by atoms with van der Waals surface area (Å²) in [6, 6.07) is 0. The van der Waals surface area contributed by atoms with Gasteiger partial charge in [0.25, 0.3) is 0 Å². The maximum absolute atomic E-state index is 12.7. The molecule has 3 unspecified atom stereocenters. The van der Waals surface area contributed by atoms with Crippen molar-refractivity contribution in [3.05, 3.63) is 72.9 Å². The van der Waals surface area contributed by atoms with Gasteiger partial charge in [0, 0.05) is 13.0 Å². The number of carbonyl (C=O) groups is 1.